The number of hydrogen-bond acceptors (Lipinski definition) is 3. The molecule has 0 amide bonds. The molecular formula is C11H17NO2. The van der Waals surface area contributed by atoms with Crippen molar-refractivity contribution in [1.29, 1.82) is 0 Å². The molecular weight excluding hydrogens is 178 g/mol. The Hall–Kier alpha value is -1.06. The highest BCUT2D eigenvalue weighted by molar-refractivity contribution is 5.27. The van der Waals surface area contributed by atoms with Crippen molar-refractivity contribution in [3.63, 3.8) is 0 Å². The second kappa shape index (κ2) is 5.62. The molecule has 3 heteroatoms. The van der Waals surface area contributed by atoms with Gasteiger partial charge in [0, 0.05) is 6.54 Å². The summed E-state index contributed by atoms with van der Waals surface area (Å²) in [5.41, 5.74) is 6.50. The smallest absolute Gasteiger partial charge is 0.118 e. The van der Waals surface area contributed by atoms with Gasteiger partial charge in [0.2, 0.25) is 0 Å². The largest absolute Gasteiger partial charge is 0.497 e. The van der Waals surface area contributed by atoms with Crippen molar-refractivity contribution < 1.29 is 9.84 Å². The summed E-state index contributed by atoms with van der Waals surface area (Å²) in [5, 5.41) is 9.27. The van der Waals surface area contributed by atoms with Crippen LogP contribution < -0.4 is 10.5 Å². The number of aliphatic hydroxyl groups is 1. The summed E-state index contributed by atoms with van der Waals surface area (Å²) in [4.78, 5) is 0. The molecule has 1 aromatic rings. The van der Waals surface area contributed by atoms with Gasteiger partial charge in [-0.2, -0.15) is 0 Å². The number of ether oxygens (including phenoxy) is 1. The average Bonchev–Trinajstić information content (AvgIpc) is 2.26. The molecule has 0 saturated heterocycles. The Labute approximate surface area is 84.5 Å². The van der Waals surface area contributed by atoms with Gasteiger partial charge < -0.3 is 15.6 Å². The lowest BCUT2D eigenvalue weighted by atomic mass is 10.1. The highest BCUT2D eigenvalue weighted by Crippen LogP contribution is 2.12. The number of hydrogen-bond donors (Lipinski definition) is 2. The van der Waals surface area contributed by atoms with Gasteiger partial charge >= 0.3 is 0 Å². The van der Waals surface area contributed by atoms with Crippen LogP contribution in [0, 0.1) is 0 Å². The molecule has 1 aromatic carbocycles. The van der Waals surface area contributed by atoms with Crippen LogP contribution in [0.1, 0.15) is 12.0 Å². The van der Waals surface area contributed by atoms with Gasteiger partial charge in [0.25, 0.3) is 0 Å². The maximum Gasteiger partial charge on any atom is 0.118 e. The van der Waals surface area contributed by atoms with Crippen molar-refractivity contribution in [3.05, 3.63) is 29.8 Å². The predicted molar refractivity (Wildman–Crippen MR) is 56.4 cm³/mol. The topological polar surface area (TPSA) is 55.5 Å². The molecule has 3 N–H and O–H groups in total. The van der Waals surface area contributed by atoms with Crippen molar-refractivity contribution in [2.24, 2.45) is 5.73 Å². The quantitative estimate of drug-likeness (QED) is 0.735. The number of aryl methyl sites for hydroxylation is 1. The lowest BCUT2D eigenvalue weighted by molar-refractivity contribution is 0.173. The van der Waals surface area contributed by atoms with Crippen molar-refractivity contribution in [2.75, 3.05) is 13.7 Å². The lowest BCUT2D eigenvalue weighted by Gasteiger charge is -2.07. The molecule has 0 aliphatic rings. The fraction of sp³-hybridized carbons (Fsp3) is 0.455. The Bertz CT molecular complexity index is 258. The molecule has 1 atom stereocenters. The minimum absolute atomic E-state index is 0.330. The summed E-state index contributed by atoms with van der Waals surface area (Å²) in [5.74, 6) is 0.855. The second-order valence-electron chi connectivity index (χ2n) is 3.28. The molecule has 0 heterocycles. The summed E-state index contributed by atoms with van der Waals surface area (Å²) in [6.45, 7) is 0.330. The second-order valence-corrected chi connectivity index (χ2v) is 3.28. The monoisotopic (exact) mass is 195 g/mol. The van der Waals surface area contributed by atoms with Crippen LogP contribution in [0.25, 0.3) is 0 Å². The van der Waals surface area contributed by atoms with E-state index in [0.717, 1.165) is 12.2 Å². The van der Waals surface area contributed by atoms with E-state index in [1.165, 1.54) is 5.56 Å². The van der Waals surface area contributed by atoms with Crippen LogP contribution >= 0.6 is 0 Å². The minimum atomic E-state index is -0.392. The first kappa shape index (κ1) is 11.0. The highest BCUT2D eigenvalue weighted by atomic mass is 16.5. The summed E-state index contributed by atoms with van der Waals surface area (Å²) < 4.78 is 5.05. The first-order chi connectivity index (χ1) is 6.76. The van der Waals surface area contributed by atoms with E-state index in [9.17, 15) is 5.11 Å². The van der Waals surface area contributed by atoms with Crippen LogP contribution in [0.2, 0.25) is 0 Å². The Morgan fingerprint density at radius 3 is 2.50 bits per heavy atom. The molecule has 0 aliphatic heterocycles. The Balaban J connectivity index is 2.43. The number of aliphatic hydroxyl groups excluding tert-OH is 1. The molecule has 1 unspecified atom stereocenters. The third-order valence-corrected chi connectivity index (χ3v) is 2.20. The number of rotatable bonds is 5. The molecule has 1 rings (SSSR count). The van der Waals surface area contributed by atoms with Gasteiger partial charge in [-0.1, -0.05) is 12.1 Å². The fourth-order valence-electron chi connectivity index (χ4n) is 1.24. The maximum absolute atomic E-state index is 9.27. The van der Waals surface area contributed by atoms with E-state index < -0.39 is 6.10 Å². The standard InChI is InChI=1S/C11H17NO2/c1-14-11-6-3-9(4-7-11)2-5-10(13)8-12/h3-4,6-7,10,13H,2,5,8,12H2,1H3. The molecule has 3 nitrogen and oxygen atoms in total. The first-order valence-electron chi connectivity index (χ1n) is 4.77. The van der Waals surface area contributed by atoms with Crippen molar-refractivity contribution in [2.45, 2.75) is 18.9 Å². The zero-order valence-electron chi connectivity index (χ0n) is 8.44. The summed E-state index contributed by atoms with van der Waals surface area (Å²) in [6.07, 6.45) is 1.17. The van der Waals surface area contributed by atoms with E-state index >= 15 is 0 Å². The summed E-state index contributed by atoms with van der Waals surface area (Å²) in [7, 11) is 1.65. The molecule has 0 spiro atoms. The molecule has 0 aromatic heterocycles. The first-order valence-corrected chi connectivity index (χ1v) is 4.77. The Morgan fingerprint density at radius 1 is 1.36 bits per heavy atom. The van der Waals surface area contributed by atoms with Gasteiger partial charge in [-0.15, -0.1) is 0 Å². The summed E-state index contributed by atoms with van der Waals surface area (Å²) in [6, 6.07) is 7.85. The number of nitrogens with two attached hydrogens (primary N) is 1. The maximum atomic E-state index is 9.27. The van der Waals surface area contributed by atoms with Crippen LogP contribution in [0.3, 0.4) is 0 Å². The van der Waals surface area contributed by atoms with Crippen LogP contribution in [0.15, 0.2) is 24.3 Å². The minimum Gasteiger partial charge on any atom is -0.497 e. The van der Waals surface area contributed by atoms with Gasteiger partial charge in [0.05, 0.1) is 13.2 Å². The van der Waals surface area contributed by atoms with Gasteiger partial charge in [0.1, 0.15) is 5.75 Å². The van der Waals surface area contributed by atoms with Crippen LogP contribution in [-0.2, 0) is 6.42 Å². The van der Waals surface area contributed by atoms with E-state index in [-0.39, 0.29) is 0 Å². The van der Waals surface area contributed by atoms with Gasteiger partial charge in [-0.05, 0) is 30.5 Å². The van der Waals surface area contributed by atoms with Crippen LogP contribution in [0.4, 0.5) is 0 Å². The zero-order valence-corrected chi connectivity index (χ0v) is 8.44. The molecule has 0 saturated carbocycles. The third kappa shape index (κ3) is 3.36. The van der Waals surface area contributed by atoms with E-state index in [4.69, 9.17) is 10.5 Å². The average molecular weight is 195 g/mol. The number of methoxy groups -OCH3 is 1. The molecule has 0 aliphatic carbocycles. The molecule has 0 radical (unpaired) electrons. The van der Waals surface area contributed by atoms with E-state index in [0.29, 0.717) is 13.0 Å². The van der Waals surface area contributed by atoms with Crippen LogP contribution in [-0.4, -0.2) is 24.9 Å². The normalized spacial score (nSPS) is 12.5. The van der Waals surface area contributed by atoms with Crippen molar-refractivity contribution in [3.8, 4) is 5.75 Å². The number of benzene rings is 1. The van der Waals surface area contributed by atoms with Crippen LogP contribution in [0.5, 0.6) is 5.75 Å². The Morgan fingerprint density at radius 2 is 2.00 bits per heavy atom. The fourth-order valence-corrected chi connectivity index (χ4v) is 1.24. The SMILES string of the molecule is COc1ccc(CCC(O)CN)cc1. The third-order valence-electron chi connectivity index (χ3n) is 2.20. The van der Waals surface area contributed by atoms with E-state index in [1.54, 1.807) is 7.11 Å². The van der Waals surface area contributed by atoms with E-state index in [2.05, 4.69) is 0 Å². The molecule has 78 valence electrons. The Kier molecular flexibility index (Phi) is 4.43. The zero-order chi connectivity index (χ0) is 10.4. The van der Waals surface area contributed by atoms with Crippen molar-refractivity contribution >= 4 is 0 Å². The molecule has 0 fully saturated rings. The van der Waals surface area contributed by atoms with Crippen molar-refractivity contribution in [1.82, 2.24) is 0 Å². The predicted octanol–water partition coefficient (Wildman–Crippen LogP) is 0.947. The highest BCUT2D eigenvalue weighted by Gasteiger charge is 2.01. The summed E-state index contributed by atoms with van der Waals surface area (Å²) >= 11 is 0. The van der Waals surface area contributed by atoms with Gasteiger partial charge in [-0.25, -0.2) is 0 Å². The lowest BCUT2D eigenvalue weighted by Crippen LogP contribution is -2.20. The molecule has 0 bridgehead atoms. The molecule has 14 heavy (non-hydrogen) atoms. The van der Waals surface area contributed by atoms with E-state index in [1.807, 2.05) is 24.3 Å². The van der Waals surface area contributed by atoms with Gasteiger partial charge in [0.15, 0.2) is 0 Å². The van der Waals surface area contributed by atoms with Gasteiger partial charge in [-0.3, -0.25) is 0 Å².